The molecule has 0 saturated heterocycles. The minimum Gasteiger partial charge on any atom is -0.349 e. The van der Waals surface area contributed by atoms with Crippen molar-refractivity contribution in [2.75, 3.05) is 6.54 Å². The van der Waals surface area contributed by atoms with Gasteiger partial charge < -0.3 is 11.1 Å². The van der Waals surface area contributed by atoms with Gasteiger partial charge in [-0.05, 0) is 37.8 Å². The third-order valence-electron chi connectivity index (χ3n) is 4.13. The van der Waals surface area contributed by atoms with Crippen molar-refractivity contribution in [2.24, 2.45) is 11.1 Å². The minimum absolute atomic E-state index is 0.0148. The molecule has 1 aliphatic rings. The van der Waals surface area contributed by atoms with Crippen LogP contribution in [0.15, 0.2) is 24.3 Å². The van der Waals surface area contributed by atoms with Crippen LogP contribution in [0.5, 0.6) is 0 Å². The molecule has 0 aliphatic heterocycles. The van der Waals surface area contributed by atoms with Crippen LogP contribution in [-0.2, 0) is 4.79 Å². The summed E-state index contributed by atoms with van der Waals surface area (Å²) in [6, 6.07) is 6.20. The second-order valence-electron chi connectivity index (χ2n) is 5.55. The average Bonchev–Trinajstić information content (AvgIpc) is 2.34. The van der Waals surface area contributed by atoms with Crippen LogP contribution in [-0.4, -0.2) is 12.5 Å². The van der Waals surface area contributed by atoms with Gasteiger partial charge in [0.05, 0.1) is 6.04 Å². The number of hydrogen-bond donors (Lipinski definition) is 2. The number of rotatable bonds is 5. The van der Waals surface area contributed by atoms with E-state index in [0.717, 1.165) is 19.3 Å². The predicted octanol–water partition coefficient (Wildman–Crippen LogP) is 2.52. The van der Waals surface area contributed by atoms with E-state index in [1.54, 1.807) is 25.1 Å². The Morgan fingerprint density at radius 3 is 2.68 bits per heavy atom. The predicted molar refractivity (Wildman–Crippen MR) is 72.9 cm³/mol. The normalized spacial score (nSPS) is 18.5. The number of hydrogen-bond acceptors (Lipinski definition) is 2. The quantitative estimate of drug-likeness (QED) is 0.858. The molecule has 4 heteroatoms. The zero-order chi connectivity index (χ0) is 13.9. The summed E-state index contributed by atoms with van der Waals surface area (Å²) in [7, 11) is 0. The lowest BCUT2D eigenvalue weighted by Gasteiger charge is -2.40. The first kappa shape index (κ1) is 14.0. The van der Waals surface area contributed by atoms with Crippen molar-refractivity contribution in [1.82, 2.24) is 5.32 Å². The van der Waals surface area contributed by atoms with Crippen LogP contribution in [0.2, 0.25) is 0 Å². The molecule has 1 aromatic rings. The van der Waals surface area contributed by atoms with Crippen molar-refractivity contribution in [2.45, 2.75) is 38.6 Å². The van der Waals surface area contributed by atoms with E-state index in [2.05, 4.69) is 5.32 Å². The Labute approximate surface area is 113 Å². The van der Waals surface area contributed by atoms with E-state index in [1.807, 2.05) is 0 Å². The Hall–Kier alpha value is -1.42. The van der Waals surface area contributed by atoms with Crippen LogP contribution in [0, 0.1) is 11.2 Å². The lowest BCUT2D eigenvalue weighted by atomic mass is 9.66. The third kappa shape index (κ3) is 3.13. The van der Waals surface area contributed by atoms with Crippen LogP contribution in [0.4, 0.5) is 4.39 Å². The highest BCUT2D eigenvalue weighted by atomic mass is 19.1. The second-order valence-corrected chi connectivity index (χ2v) is 5.55. The molecule has 3 nitrogen and oxygen atoms in total. The van der Waals surface area contributed by atoms with Crippen molar-refractivity contribution < 1.29 is 9.18 Å². The molecule has 0 spiro atoms. The molecule has 0 bridgehead atoms. The number of halogens is 1. The van der Waals surface area contributed by atoms with Crippen molar-refractivity contribution in [3.8, 4) is 0 Å². The molecule has 1 amide bonds. The van der Waals surface area contributed by atoms with Gasteiger partial charge in [0.2, 0.25) is 5.91 Å². The van der Waals surface area contributed by atoms with E-state index in [0.29, 0.717) is 18.5 Å². The van der Waals surface area contributed by atoms with Gasteiger partial charge in [0.15, 0.2) is 0 Å². The topological polar surface area (TPSA) is 55.1 Å². The van der Waals surface area contributed by atoms with E-state index < -0.39 is 0 Å². The first-order chi connectivity index (χ1) is 9.06. The molecule has 1 fully saturated rings. The standard InChI is InChI=1S/C15H21FN2O/c1-11(12-5-2-3-6-13(12)16)18-14(19)9-15(10-17)7-4-8-15/h2-3,5-6,11H,4,7-10,17H2,1H3,(H,18,19)/t11-/m1/s1. The molecular weight excluding hydrogens is 243 g/mol. The molecule has 1 atom stereocenters. The first-order valence-corrected chi connectivity index (χ1v) is 6.80. The molecule has 1 aromatic carbocycles. The Balaban J connectivity index is 1.94. The monoisotopic (exact) mass is 264 g/mol. The molecule has 19 heavy (non-hydrogen) atoms. The summed E-state index contributed by atoms with van der Waals surface area (Å²) in [5.74, 6) is -0.326. The summed E-state index contributed by atoms with van der Waals surface area (Å²) in [6.45, 7) is 2.35. The van der Waals surface area contributed by atoms with Gasteiger partial charge in [-0.1, -0.05) is 24.6 Å². The molecule has 0 heterocycles. The second kappa shape index (κ2) is 5.70. The SMILES string of the molecule is C[C@@H](NC(=O)CC1(CN)CCC1)c1ccccc1F. The Morgan fingerprint density at radius 2 is 2.16 bits per heavy atom. The van der Waals surface area contributed by atoms with Crippen LogP contribution >= 0.6 is 0 Å². The van der Waals surface area contributed by atoms with Gasteiger partial charge in [-0.15, -0.1) is 0 Å². The fourth-order valence-corrected chi connectivity index (χ4v) is 2.67. The molecule has 104 valence electrons. The van der Waals surface area contributed by atoms with Crippen LogP contribution in [0.1, 0.15) is 44.2 Å². The molecule has 0 aromatic heterocycles. The van der Waals surface area contributed by atoms with Crippen LogP contribution in [0.25, 0.3) is 0 Å². The number of amides is 1. The highest BCUT2D eigenvalue weighted by Gasteiger charge is 2.37. The van der Waals surface area contributed by atoms with Gasteiger partial charge in [-0.3, -0.25) is 4.79 Å². The van der Waals surface area contributed by atoms with Crippen molar-refractivity contribution in [3.05, 3.63) is 35.6 Å². The van der Waals surface area contributed by atoms with Crippen molar-refractivity contribution >= 4 is 5.91 Å². The summed E-state index contributed by atoms with van der Waals surface area (Å²) in [5.41, 5.74) is 6.25. The molecule has 3 N–H and O–H groups in total. The highest BCUT2D eigenvalue weighted by Crippen LogP contribution is 2.42. The molecule has 2 rings (SSSR count). The highest BCUT2D eigenvalue weighted by molar-refractivity contribution is 5.77. The fourth-order valence-electron chi connectivity index (χ4n) is 2.67. The summed E-state index contributed by atoms with van der Waals surface area (Å²) >= 11 is 0. The average molecular weight is 264 g/mol. The van der Waals surface area contributed by atoms with Crippen LogP contribution in [0.3, 0.4) is 0 Å². The molecule has 1 aliphatic carbocycles. The van der Waals surface area contributed by atoms with Crippen molar-refractivity contribution in [1.29, 1.82) is 0 Å². The van der Waals surface area contributed by atoms with Gasteiger partial charge in [-0.25, -0.2) is 4.39 Å². The molecule has 0 radical (unpaired) electrons. The van der Waals surface area contributed by atoms with E-state index in [4.69, 9.17) is 5.73 Å². The lowest BCUT2D eigenvalue weighted by molar-refractivity contribution is -0.125. The minimum atomic E-state index is -0.316. The molecular formula is C15H21FN2O. The van der Waals surface area contributed by atoms with Gasteiger partial charge in [-0.2, -0.15) is 0 Å². The molecule has 0 unspecified atom stereocenters. The van der Waals surface area contributed by atoms with Gasteiger partial charge >= 0.3 is 0 Å². The summed E-state index contributed by atoms with van der Waals surface area (Å²) < 4.78 is 13.6. The van der Waals surface area contributed by atoms with E-state index in [-0.39, 0.29) is 23.2 Å². The number of carbonyl (C=O) groups excluding carboxylic acids is 1. The Bertz CT molecular complexity index is 452. The largest absolute Gasteiger partial charge is 0.349 e. The van der Waals surface area contributed by atoms with E-state index >= 15 is 0 Å². The van der Waals surface area contributed by atoms with Gasteiger partial charge in [0.25, 0.3) is 0 Å². The maximum atomic E-state index is 13.6. The van der Waals surface area contributed by atoms with Crippen molar-refractivity contribution in [3.63, 3.8) is 0 Å². The summed E-state index contributed by atoms with van der Waals surface area (Å²) in [4.78, 5) is 12.0. The fraction of sp³-hybridized carbons (Fsp3) is 0.533. The number of carbonyl (C=O) groups is 1. The number of benzene rings is 1. The van der Waals surface area contributed by atoms with E-state index in [1.165, 1.54) is 6.07 Å². The lowest BCUT2D eigenvalue weighted by Crippen LogP contribution is -2.42. The zero-order valence-corrected chi connectivity index (χ0v) is 11.3. The van der Waals surface area contributed by atoms with Gasteiger partial charge in [0, 0.05) is 12.0 Å². The Morgan fingerprint density at radius 1 is 1.47 bits per heavy atom. The Kier molecular flexibility index (Phi) is 4.20. The maximum absolute atomic E-state index is 13.6. The number of nitrogens with two attached hydrogens (primary N) is 1. The summed E-state index contributed by atoms with van der Waals surface area (Å²) in [5, 5.41) is 2.86. The smallest absolute Gasteiger partial charge is 0.221 e. The summed E-state index contributed by atoms with van der Waals surface area (Å²) in [6.07, 6.45) is 3.63. The van der Waals surface area contributed by atoms with Gasteiger partial charge in [0.1, 0.15) is 5.82 Å². The molecule has 1 saturated carbocycles. The zero-order valence-electron chi connectivity index (χ0n) is 11.3. The maximum Gasteiger partial charge on any atom is 0.221 e. The van der Waals surface area contributed by atoms with Crippen LogP contribution < -0.4 is 11.1 Å². The van der Waals surface area contributed by atoms with E-state index in [9.17, 15) is 9.18 Å². The third-order valence-corrected chi connectivity index (χ3v) is 4.13. The first-order valence-electron chi connectivity index (χ1n) is 6.80. The number of nitrogens with one attached hydrogen (secondary N) is 1.